The number of esters is 1. The minimum absolute atomic E-state index is 0.276. The fourth-order valence-corrected chi connectivity index (χ4v) is 3.96. The Bertz CT molecular complexity index is 620. The van der Waals surface area contributed by atoms with Crippen molar-refractivity contribution in [2.24, 2.45) is 0 Å². The zero-order valence-corrected chi connectivity index (χ0v) is 21.2. The highest BCUT2D eigenvalue weighted by molar-refractivity contribution is 9.10. The summed E-state index contributed by atoms with van der Waals surface area (Å²) in [7, 11) is 0. The van der Waals surface area contributed by atoms with Gasteiger partial charge in [-0.1, -0.05) is 112 Å². The lowest BCUT2D eigenvalue weighted by atomic mass is 10.0. The smallest absolute Gasteiger partial charge is 0.328 e. The molecule has 0 heterocycles. The Morgan fingerprint density at radius 2 is 1.39 bits per heavy atom. The number of unbranched alkanes of at least 4 members (excludes halogenated alkanes) is 13. The number of nitrogens with one attached hydrogen (secondary N) is 1. The highest BCUT2D eigenvalue weighted by Gasteiger charge is 2.17. The number of hydrogen-bond acceptors (Lipinski definition) is 3. The van der Waals surface area contributed by atoms with Crippen molar-refractivity contribution in [2.45, 2.75) is 110 Å². The summed E-state index contributed by atoms with van der Waals surface area (Å²) < 4.78 is 6.14. The van der Waals surface area contributed by atoms with Crippen molar-refractivity contribution >= 4 is 27.8 Å². The third kappa shape index (κ3) is 14.3. The molecule has 0 aliphatic carbocycles. The summed E-state index contributed by atoms with van der Waals surface area (Å²) in [6.07, 6.45) is 18.2. The SMILES string of the molecule is CCCCCCCCCCCCCCCCOC(=O)C(C)NC(=O)c1cccc(Br)c1. The lowest BCUT2D eigenvalue weighted by molar-refractivity contribution is -0.145. The molecule has 0 aliphatic heterocycles. The average molecular weight is 497 g/mol. The lowest BCUT2D eigenvalue weighted by Crippen LogP contribution is -2.39. The van der Waals surface area contributed by atoms with Crippen LogP contribution in [0.15, 0.2) is 28.7 Å². The number of carbonyl (C=O) groups excluding carboxylic acids is 2. The number of ether oxygens (including phenoxy) is 1. The van der Waals surface area contributed by atoms with Crippen LogP contribution in [0.4, 0.5) is 0 Å². The minimum Gasteiger partial charge on any atom is -0.464 e. The topological polar surface area (TPSA) is 55.4 Å². The predicted molar refractivity (Wildman–Crippen MR) is 132 cm³/mol. The van der Waals surface area contributed by atoms with E-state index in [1.807, 2.05) is 6.07 Å². The van der Waals surface area contributed by atoms with Gasteiger partial charge in [-0.15, -0.1) is 0 Å². The van der Waals surface area contributed by atoms with Crippen molar-refractivity contribution in [1.29, 1.82) is 0 Å². The van der Waals surface area contributed by atoms with Crippen LogP contribution in [0.25, 0.3) is 0 Å². The molecule has 0 saturated heterocycles. The molecule has 176 valence electrons. The van der Waals surface area contributed by atoms with Crippen molar-refractivity contribution in [1.82, 2.24) is 5.32 Å². The van der Waals surface area contributed by atoms with E-state index in [0.29, 0.717) is 12.2 Å². The first kappa shape index (κ1) is 27.7. The van der Waals surface area contributed by atoms with Crippen molar-refractivity contribution in [3.63, 3.8) is 0 Å². The van der Waals surface area contributed by atoms with E-state index < -0.39 is 6.04 Å². The van der Waals surface area contributed by atoms with Crippen LogP contribution < -0.4 is 5.32 Å². The molecule has 31 heavy (non-hydrogen) atoms. The van der Waals surface area contributed by atoms with Crippen molar-refractivity contribution in [3.8, 4) is 0 Å². The fourth-order valence-electron chi connectivity index (χ4n) is 3.56. The van der Waals surface area contributed by atoms with E-state index in [0.717, 1.165) is 17.3 Å². The molecule has 5 heteroatoms. The normalized spacial score (nSPS) is 11.8. The second-order valence-electron chi connectivity index (χ2n) is 8.47. The van der Waals surface area contributed by atoms with Crippen LogP contribution in [0.2, 0.25) is 0 Å². The molecule has 0 bridgehead atoms. The molecule has 0 aromatic heterocycles. The van der Waals surface area contributed by atoms with Gasteiger partial charge in [-0.25, -0.2) is 4.79 Å². The summed E-state index contributed by atoms with van der Waals surface area (Å²) in [4.78, 5) is 24.2. The summed E-state index contributed by atoms with van der Waals surface area (Å²) in [5.74, 6) is -0.653. The standard InChI is InChI=1S/C26H42BrNO3/c1-3-4-5-6-7-8-9-10-11-12-13-14-15-16-20-31-26(30)22(2)28-25(29)23-18-17-19-24(27)21-23/h17-19,21-22H,3-16,20H2,1-2H3,(H,28,29). The van der Waals surface area contributed by atoms with E-state index >= 15 is 0 Å². The van der Waals surface area contributed by atoms with E-state index in [2.05, 4.69) is 28.2 Å². The van der Waals surface area contributed by atoms with E-state index in [9.17, 15) is 9.59 Å². The van der Waals surface area contributed by atoms with Crippen molar-refractivity contribution in [2.75, 3.05) is 6.61 Å². The lowest BCUT2D eigenvalue weighted by Gasteiger charge is -2.13. The molecule has 0 fully saturated rings. The van der Waals surface area contributed by atoms with E-state index in [-0.39, 0.29) is 11.9 Å². The molecule has 1 aromatic carbocycles. The van der Waals surface area contributed by atoms with E-state index in [4.69, 9.17) is 4.74 Å². The molecule has 0 aliphatic rings. The van der Waals surface area contributed by atoms with Gasteiger partial charge in [0, 0.05) is 10.0 Å². The molecule has 4 nitrogen and oxygen atoms in total. The van der Waals surface area contributed by atoms with Crippen LogP contribution >= 0.6 is 15.9 Å². The van der Waals surface area contributed by atoms with Crippen LogP contribution in [-0.2, 0) is 9.53 Å². The molecule has 0 spiro atoms. The van der Waals surface area contributed by atoms with Gasteiger partial charge < -0.3 is 10.1 Å². The van der Waals surface area contributed by atoms with Gasteiger partial charge in [0.25, 0.3) is 5.91 Å². The van der Waals surface area contributed by atoms with Crippen molar-refractivity contribution < 1.29 is 14.3 Å². The van der Waals surface area contributed by atoms with E-state index in [1.165, 1.54) is 77.0 Å². The fraction of sp³-hybridized carbons (Fsp3) is 0.692. The molecule has 1 atom stereocenters. The van der Waals surface area contributed by atoms with Crippen LogP contribution in [-0.4, -0.2) is 24.5 Å². The average Bonchev–Trinajstić information content (AvgIpc) is 2.76. The van der Waals surface area contributed by atoms with Gasteiger partial charge in [0.05, 0.1) is 6.61 Å². The second-order valence-corrected chi connectivity index (χ2v) is 9.38. The Hall–Kier alpha value is -1.36. The van der Waals surface area contributed by atoms with Gasteiger partial charge in [-0.2, -0.15) is 0 Å². The van der Waals surface area contributed by atoms with Gasteiger partial charge in [0.1, 0.15) is 6.04 Å². The molecule has 1 N–H and O–H groups in total. The molecular formula is C26H42BrNO3. The molecular weight excluding hydrogens is 454 g/mol. The number of rotatable bonds is 18. The maximum Gasteiger partial charge on any atom is 0.328 e. The first-order chi connectivity index (χ1) is 15.0. The highest BCUT2D eigenvalue weighted by Crippen LogP contribution is 2.13. The van der Waals surface area contributed by atoms with Crippen LogP contribution in [0.5, 0.6) is 0 Å². The number of amides is 1. The summed E-state index contributed by atoms with van der Waals surface area (Å²) >= 11 is 3.34. The Morgan fingerprint density at radius 3 is 1.90 bits per heavy atom. The quantitative estimate of drug-likeness (QED) is 0.168. The first-order valence-electron chi connectivity index (χ1n) is 12.3. The van der Waals surface area contributed by atoms with Crippen LogP contribution in [0.3, 0.4) is 0 Å². The summed E-state index contributed by atoms with van der Waals surface area (Å²) in [6.45, 7) is 4.35. The Balaban J connectivity index is 1.94. The monoisotopic (exact) mass is 495 g/mol. The number of halogens is 1. The van der Waals surface area contributed by atoms with Gasteiger partial charge in [-0.05, 0) is 31.5 Å². The Kier molecular flexibility index (Phi) is 16.3. The molecule has 1 rings (SSSR count). The molecule has 1 amide bonds. The van der Waals surface area contributed by atoms with Gasteiger partial charge in [-0.3, -0.25) is 4.79 Å². The van der Waals surface area contributed by atoms with Gasteiger partial charge >= 0.3 is 5.97 Å². The predicted octanol–water partition coefficient (Wildman–Crippen LogP) is 7.59. The van der Waals surface area contributed by atoms with Gasteiger partial charge in [0.2, 0.25) is 0 Å². The van der Waals surface area contributed by atoms with E-state index in [1.54, 1.807) is 25.1 Å². The minimum atomic E-state index is -0.655. The van der Waals surface area contributed by atoms with Crippen molar-refractivity contribution in [3.05, 3.63) is 34.3 Å². The molecule has 1 aromatic rings. The summed E-state index contributed by atoms with van der Waals surface area (Å²) in [5.41, 5.74) is 0.515. The number of benzene rings is 1. The number of hydrogen-bond donors (Lipinski definition) is 1. The molecule has 0 saturated carbocycles. The molecule has 0 radical (unpaired) electrons. The Labute approximate surface area is 198 Å². The maximum atomic E-state index is 12.2. The van der Waals surface area contributed by atoms with Gasteiger partial charge in [0.15, 0.2) is 0 Å². The van der Waals surface area contributed by atoms with Crippen LogP contribution in [0, 0.1) is 0 Å². The van der Waals surface area contributed by atoms with Crippen LogP contribution in [0.1, 0.15) is 114 Å². The first-order valence-corrected chi connectivity index (χ1v) is 13.1. The maximum absolute atomic E-state index is 12.2. The molecule has 1 unspecified atom stereocenters. The number of carbonyl (C=O) groups is 2. The summed E-state index contributed by atoms with van der Waals surface area (Å²) in [6, 6.07) is 6.43. The Morgan fingerprint density at radius 1 is 0.871 bits per heavy atom. The second kappa shape index (κ2) is 18.2. The third-order valence-corrected chi connectivity index (χ3v) is 6.02. The third-order valence-electron chi connectivity index (χ3n) is 5.53. The largest absolute Gasteiger partial charge is 0.464 e. The summed E-state index contributed by atoms with van der Waals surface area (Å²) in [5, 5.41) is 2.69. The zero-order valence-electron chi connectivity index (χ0n) is 19.6. The highest BCUT2D eigenvalue weighted by atomic mass is 79.9. The zero-order chi connectivity index (χ0) is 22.7.